The van der Waals surface area contributed by atoms with E-state index in [9.17, 15) is 0 Å². The Morgan fingerprint density at radius 2 is 1.93 bits per heavy atom. The van der Waals surface area contributed by atoms with Crippen LogP contribution in [0.25, 0.3) is 6.08 Å². The Bertz CT molecular complexity index is 399. The van der Waals surface area contributed by atoms with Gasteiger partial charge in [-0.3, -0.25) is 0 Å². The summed E-state index contributed by atoms with van der Waals surface area (Å²) in [7, 11) is 0. The van der Waals surface area contributed by atoms with Gasteiger partial charge in [-0.25, -0.2) is 0 Å². The van der Waals surface area contributed by atoms with Crippen molar-refractivity contribution in [3.8, 4) is 0 Å². The zero-order valence-electron chi connectivity index (χ0n) is 8.64. The SMILES string of the molecule is NC1C=CC(/C=C/c2ccccc2)=CC1. The van der Waals surface area contributed by atoms with Crippen LogP contribution in [0.4, 0.5) is 0 Å². The molecule has 1 aromatic carbocycles. The molecule has 0 fully saturated rings. The summed E-state index contributed by atoms with van der Waals surface area (Å²) in [6, 6.07) is 10.5. The third-order valence-corrected chi connectivity index (χ3v) is 2.43. The second kappa shape index (κ2) is 4.76. The molecule has 0 heterocycles. The number of hydrogen-bond donors (Lipinski definition) is 1. The number of nitrogens with two attached hydrogens (primary N) is 1. The third kappa shape index (κ3) is 2.93. The molecule has 0 radical (unpaired) electrons. The van der Waals surface area contributed by atoms with Crippen LogP contribution in [0.2, 0.25) is 0 Å². The first kappa shape index (κ1) is 9.94. The maximum Gasteiger partial charge on any atom is 0.0262 e. The Labute approximate surface area is 90.6 Å². The minimum atomic E-state index is 0.193. The van der Waals surface area contributed by atoms with E-state index in [4.69, 9.17) is 5.73 Å². The minimum Gasteiger partial charge on any atom is -0.324 e. The zero-order chi connectivity index (χ0) is 10.5. The average molecular weight is 197 g/mol. The van der Waals surface area contributed by atoms with Crippen LogP contribution < -0.4 is 5.73 Å². The van der Waals surface area contributed by atoms with Gasteiger partial charge in [0.05, 0.1) is 0 Å². The van der Waals surface area contributed by atoms with Crippen molar-refractivity contribution < 1.29 is 0 Å². The van der Waals surface area contributed by atoms with Crippen LogP contribution in [-0.2, 0) is 0 Å². The van der Waals surface area contributed by atoms with Gasteiger partial charge in [-0.15, -0.1) is 0 Å². The van der Waals surface area contributed by atoms with Gasteiger partial charge in [0.2, 0.25) is 0 Å². The fraction of sp³-hybridized carbons (Fsp3) is 0.143. The molecule has 2 N–H and O–H groups in total. The lowest BCUT2D eigenvalue weighted by Gasteiger charge is -2.08. The standard InChI is InChI=1S/C14H15N/c15-14-10-8-13(9-11-14)7-6-12-4-2-1-3-5-12/h1-10,14H,11,15H2/b7-6+. The normalized spacial score (nSPS) is 20.6. The highest BCUT2D eigenvalue weighted by molar-refractivity contribution is 5.55. The van der Waals surface area contributed by atoms with Crippen LogP contribution in [0, 0.1) is 0 Å². The van der Waals surface area contributed by atoms with E-state index in [1.165, 1.54) is 11.1 Å². The predicted octanol–water partition coefficient (Wildman–Crippen LogP) is 2.91. The van der Waals surface area contributed by atoms with Crippen molar-refractivity contribution in [2.24, 2.45) is 5.73 Å². The van der Waals surface area contributed by atoms with Gasteiger partial charge < -0.3 is 5.73 Å². The molecular weight excluding hydrogens is 182 g/mol. The summed E-state index contributed by atoms with van der Waals surface area (Å²) >= 11 is 0. The largest absolute Gasteiger partial charge is 0.324 e. The highest BCUT2D eigenvalue weighted by Crippen LogP contribution is 2.12. The quantitative estimate of drug-likeness (QED) is 0.775. The molecule has 1 nitrogen and oxygen atoms in total. The lowest BCUT2D eigenvalue weighted by Crippen LogP contribution is -2.17. The molecule has 1 aliphatic rings. The van der Waals surface area contributed by atoms with E-state index < -0.39 is 0 Å². The number of benzene rings is 1. The highest BCUT2D eigenvalue weighted by atomic mass is 14.6. The van der Waals surface area contributed by atoms with Crippen molar-refractivity contribution in [3.05, 3.63) is 65.8 Å². The fourth-order valence-corrected chi connectivity index (χ4v) is 1.53. The van der Waals surface area contributed by atoms with Gasteiger partial charge in [-0.2, -0.15) is 0 Å². The van der Waals surface area contributed by atoms with Crippen LogP contribution in [0.5, 0.6) is 0 Å². The van der Waals surface area contributed by atoms with E-state index >= 15 is 0 Å². The summed E-state index contributed by atoms with van der Waals surface area (Å²) in [6.45, 7) is 0. The minimum absolute atomic E-state index is 0.193. The van der Waals surface area contributed by atoms with E-state index in [1.54, 1.807) is 0 Å². The molecular formula is C14H15N. The first-order valence-electron chi connectivity index (χ1n) is 5.22. The van der Waals surface area contributed by atoms with Gasteiger partial charge >= 0.3 is 0 Å². The third-order valence-electron chi connectivity index (χ3n) is 2.43. The van der Waals surface area contributed by atoms with Crippen molar-refractivity contribution in [1.29, 1.82) is 0 Å². The van der Waals surface area contributed by atoms with Gasteiger partial charge in [0.25, 0.3) is 0 Å². The van der Waals surface area contributed by atoms with Crippen LogP contribution in [0.1, 0.15) is 12.0 Å². The lowest BCUT2D eigenvalue weighted by molar-refractivity contribution is 0.821. The fourth-order valence-electron chi connectivity index (χ4n) is 1.53. The van der Waals surface area contributed by atoms with E-state index in [-0.39, 0.29) is 6.04 Å². The highest BCUT2D eigenvalue weighted by Gasteiger charge is 2.00. The Morgan fingerprint density at radius 3 is 2.60 bits per heavy atom. The Hall–Kier alpha value is -1.60. The van der Waals surface area contributed by atoms with E-state index in [0.29, 0.717) is 0 Å². The van der Waals surface area contributed by atoms with Crippen molar-refractivity contribution in [2.75, 3.05) is 0 Å². The maximum absolute atomic E-state index is 5.75. The van der Waals surface area contributed by atoms with Gasteiger partial charge in [0.1, 0.15) is 0 Å². The van der Waals surface area contributed by atoms with E-state index in [0.717, 1.165) is 6.42 Å². The number of allylic oxidation sites excluding steroid dienone is 3. The second-order valence-corrected chi connectivity index (χ2v) is 3.71. The molecule has 0 aromatic heterocycles. The van der Waals surface area contributed by atoms with Gasteiger partial charge in [0, 0.05) is 6.04 Å². The summed E-state index contributed by atoms with van der Waals surface area (Å²) < 4.78 is 0. The van der Waals surface area contributed by atoms with Crippen molar-refractivity contribution in [3.63, 3.8) is 0 Å². The van der Waals surface area contributed by atoms with Crippen molar-refractivity contribution in [2.45, 2.75) is 12.5 Å². The summed E-state index contributed by atoms with van der Waals surface area (Å²) in [4.78, 5) is 0. The molecule has 0 spiro atoms. The van der Waals surface area contributed by atoms with Gasteiger partial charge in [0.15, 0.2) is 0 Å². The van der Waals surface area contributed by atoms with Crippen LogP contribution in [0.15, 0.2) is 60.2 Å². The summed E-state index contributed by atoms with van der Waals surface area (Å²) in [5, 5.41) is 0. The predicted molar refractivity (Wildman–Crippen MR) is 65.3 cm³/mol. The van der Waals surface area contributed by atoms with Crippen LogP contribution in [0.3, 0.4) is 0 Å². The smallest absolute Gasteiger partial charge is 0.0262 e. The zero-order valence-corrected chi connectivity index (χ0v) is 8.64. The molecule has 1 aliphatic carbocycles. The molecule has 76 valence electrons. The van der Waals surface area contributed by atoms with Gasteiger partial charge in [-0.05, 0) is 17.6 Å². The Kier molecular flexibility index (Phi) is 3.15. The Morgan fingerprint density at radius 1 is 1.13 bits per heavy atom. The van der Waals surface area contributed by atoms with Crippen molar-refractivity contribution in [1.82, 2.24) is 0 Å². The molecule has 0 aliphatic heterocycles. The molecule has 15 heavy (non-hydrogen) atoms. The molecule has 1 aromatic rings. The molecule has 0 saturated heterocycles. The molecule has 2 rings (SSSR count). The summed E-state index contributed by atoms with van der Waals surface area (Å²) in [5.41, 5.74) is 8.21. The summed E-state index contributed by atoms with van der Waals surface area (Å²) in [6.07, 6.45) is 11.5. The first-order chi connectivity index (χ1) is 7.34. The van der Waals surface area contributed by atoms with Crippen molar-refractivity contribution >= 4 is 6.08 Å². The molecule has 1 unspecified atom stereocenters. The van der Waals surface area contributed by atoms with Gasteiger partial charge in [-0.1, -0.05) is 60.7 Å². The van der Waals surface area contributed by atoms with E-state index in [1.807, 2.05) is 24.3 Å². The Balaban J connectivity index is 2.04. The van der Waals surface area contributed by atoms with E-state index in [2.05, 4.69) is 36.4 Å². The van der Waals surface area contributed by atoms with Crippen LogP contribution >= 0.6 is 0 Å². The summed E-state index contributed by atoms with van der Waals surface area (Å²) in [5.74, 6) is 0. The lowest BCUT2D eigenvalue weighted by atomic mass is 10.0. The monoisotopic (exact) mass is 197 g/mol. The first-order valence-corrected chi connectivity index (χ1v) is 5.22. The number of rotatable bonds is 2. The second-order valence-electron chi connectivity index (χ2n) is 3.71. The van der Waals surface area contributed by atoms with Crippen LogP contribution in [-0.4, -0.2) is 6.04 Å². The molecule has 0 amide bonds. The molecule has 0 bridgehead atoms. The number of hydrogen-bond acceptors (Lipinski definition) is 1. The maximum atomic E-state index is 5.75. The molecule has 0 saturated carbocycles. The molecule has 1 heteroatoms. The molecule has 1 atom stereocenters. The topological polar surface area (TPSA) is 26.0 Å². The average Bonchev–Trinajstić information content (AvgIpc) is 2.30.